The van der Waals surface area contributed by atoms with Crippen LogP contribution in [0.5, 0.6) is 0 Å². The summed E-state index contributed by atoms with van der Waals surface area (Å²) in [5.74, 6) is -16.8. The van der Waals surface area contributed by atoms with Crippen LogP contribution in [0.2, 0.25) is 0 Å². The smallest absolute Gasteiger partial charge is 0.239 e. The normalized spacial score (nSPS) is 15.6. The van der Waals surface area contributed by atoms with Crippen molar-refractivity contribution in [1.82, 2.24) is 31.9 Å². The van der Waals surface area contributed by atoms with E-state index >= 15 is 0 Å². The minimum Gasteiger partial charge on any atom is -0.396 e. The number of hydrogen-bond acceptors (Lipinski definition) is 22. The molecular formula is C62H111N13O18. The number of aliphatic hydroxyl groups excluding tert-OH is 5. The summed E-state index contributed by atoms with van der Waals surface area (Å²) in [4.78, 5) is 179. The maximum atomic E-state index is 14.4. The maximum Gasteiger partial charge on any atom is 0.239 e. The van der Waals surface area contributed by atoms with Gasteiger partial charge in [0, 0.05) is 69.2 Å². The monoisotopic (exact) mass is 1330 g/mol. The van der Waals surface area contributed by atoms with Crippen LogP contribution in [0.3, 0.4) is 0 Å². The van der Waals surface area contributed by atoms with Gasteiger partial charge in [0.2, 0.25) is 41.4 Å². The van der Waals surface area contributed by atoms with E-state index in [1.54, 1.807) is 13.8 Å². The summed E-state index contributed by atoms with van der Waals surface area (Å²) >= 11 is 0. The van der Waals surface area contributed by atoms with Crippen LogP contribution in [0.4, 0.5) is 0 Å². The second-order valence-corrected chi connectivity index (χ2v) is 24.8. The van der Waals surface area contributed by atoms with E-state index in [2.05, 4.69) is 36.9 Å². The number of ketones is 6. The lowest BCUT2D eigenvalue weighted by Gasteiger charge is -2.28. The Kier molecular flexibility index (Phi) is 43.8. The number of aliphatic hydroxyl groups is 5. The molecule has 0 aliphatic rings. The van der Waals surface area contributed by atoms with Gasteiger partial charge in [-0.2, -0.15) is 0 Å². The van der Waals surface area contributed by atoms with Crippen molar-refractivity contribution in [1.29, 1.82) is 0 Å². The molecule has 0 saturated carbocycles. The fourth-order valence-electron chi connectivity index (χ4n) is 10.3. The number of nitrogens with two attached hydrogens (primary N) is 6. The number of aliphatic imine (C=N–C) groups is 1. The van der Waals surface area contributed by atoms with Gasteiger partial charge in [-0.3, -0.25) is 62.5 Å². The average molecular weight is 1330 g/mol. The highest BCUT2D eigenvalue weighted by atomic mass is 16.3. The number of rotatable bonds is 54. The number of Topliss-reactive ketones (excluding diaryl/α,β-unsaturated/α-hetero) is 6. The average Bonchev–Trinajstić information content (AvgIpc) is 1.06. The number of nitrogens with zero attached hydrogens (tertiary/aromatic N) is 1. The quantitative estimate of drug-likeness (QED) is 0.0160. The molecule has 31 heteroatoms. The molecule has 31 nitrogen and oxygen atoms in total. The molecule has 0 saturated heterocycles. The number of amides is 7. The molecular weight excluding hydrogens is 1210 g/mol. The van der Waals surface area contributed by atoms with Gasteiger partial charge in [0.1, 0.15) is 30.0 Å². The van der Waals surface area contributed by atoms with E-state index in [4.69, 9.17) is 34.4 Å². The number of unbranched alkanes of at least 4 members (excludes halogenated alkanes) is 3. The van der Waals surface area contributed by atoms with Crippen molar-refractivity contribution in [3.63, 3.8) is 0 Å². The lowest BCUT2D eigenvalue weighted by atomic mass is 9.87. The number of hydrogen-bond donors (Lipinski definition) is 17. The Balaban J connectivity index is 6.57. The molecule has 7 amide bonds. The molecule has 13 atom stereocenters. The first-order chi connectivity index (χ1) is 43.7. The Morgan fingerprint density at radius 1 is 0.409 bits per heavy atom. The van der Waals surface area contributed by atoms with Gasteiger partial charge in [-0.15, -0.1) is 0 Å². The van der Waals surface area contributed by atoms with Crippen molar-refractivity contribution >= 4 is 82.0 Å². The number of guanidine groups is 1. The molecule has 0 fully saturated rings. The van der Waals surface area contributed by atoms with Gasteiger partial charge in [0.15, 0.2) is 34.9 Å². The molecule has 0 aromatic rings. The zero-order valence-electron chi connectivity index (χ0n) is 55.5. The topological polar surface area (TPSA) is 564 Å². The van der Waals surface area contributed by atoms with Crippen LogP contribution in [0.15, 0.2) is 4.99 Å². The zero-order chi connectivity index (χ0) is 71.1. The van der Waals surface area contributed by atoms with E-state index in [0.29, 0.717) is 45.1 Å². The summed E-state index contributed by atoms with van der Waals surface area (Å²) in [6, 6.07) is -8.35. The van der Waals surface area contributed by atoms with Crippen LogP contribution in [0.1, 0.15) is 170 Å². The van der Waals surface area contributed by atoms with Gasteiger partial charge < -0.3 is 96.6 Å². The number of nitrogens with one attached hydrogen (secondary N) is 6. The second kappa shape index (κ2) is 47.2. The van der Waals surface area contributed by atoms with Gasteiger partial charge in [0.25, 0.3) is 0 Å². The Hall–Kier alpha value is -6.74. The molecule has 93 heavy (non-hydrogen) atoms. The minimum absolute atomic E-state index is 0.000335. The van der Waals surface area contributed by atoms with E-state index in [9.17, 15) is 87.9 Å². The van der Waals surface area contributed by atoms with Crippen LogP contribution < -0.4 is 66.3 Å². The van der Waals surface area contributed by atoms with Crippen LogP contribution in [-0.2, 0) is 62.3 Å². The van der Waals surface area contributed by atoms with Crippen molar-refractivity contribution in [3.8, 4) is 0 Å². The van der Waals surface area contributed by atoms with Crippen molar-refractivity contribution in [2.75, 3.05) is 46.0 Å². The molecule has 0 rings (SSSR count). The molecule has 0 radical (unpaired) electrons. The fraction of sp³-hybridized carbons (Fsp3) is 0.774. The Labute approximate surface area is 545 Å². The van der Waals surface area contributed by atoms with Crippen LogP contribution in [0.25, 0.3) is 0 Å². The summed E-state index contributed by atoms with van der Waals surface area (Å²) in [7, 11) is 0. The van der Waals surface area contributed by atoms with E-state index in [1.807, 2.05) is 13.8 Å². The predicted octanol–water partition coefficient (Wildman–Crippen LogP) is -3.49. The highest BCUT2D eigenvalue weighted by Crippen LogP contribution is 2.23. The Morgan fingerprint density at radius 3 is 1.27 bits per heavy atom. The zero-order valence-corrected chi connectivity index (χ0v) is 55.5. The summed E-state index contributed by atoms with van der Waals surface area (Å²) in [5.41, 5.74) is 33.6. The molecule has 0 aliphatic heterocycles. The lowest BCUT2D eigenvalue weighted by molar-refractivity contribution is -0.138. The van der Waals surface area contributed by atoms with Crippen LogP contribution >= 0.6 is 0 Å². The lowest BCUT2D eigenvalue weighted by Crippen LogP contribution is -2.52. The molecule has 0 aromatic carbocycles. The van der Waals surface area contributed by atoms with Crippen molar-refractivity contribution in [2.24, 2.45) is 80.8 Å². The number of primary amides is 1. The molecule has 0 unspecified atom stereocenters. The molecule has 0 heterocycles. The number of carbonyl (C=O) groups is 13. The van der Waals surface area contributed by atoms with Crippen LogP contribution in [0, 0.1) is 41.4 Å². The second-order valence-electron chi connectivity index (χ2n) is 24.8. The first kappa shape index (κ1) is 86.3. The maximum absolute atomic E-state index is 14.4. The molecule has 532 valence electrons. The van der Waals surface area contributed by atoms with Gasteiger partial charge in [-0.1, -0.05) is 40.5 Å². The standard InChI is InChI=1S/C62H111N13O18/c1-34(2)25-41(59(91)71-45(56(66)88)17-10-13-23-65)29-50(85)54(37(6)80)73-52(87)20-19-47(82)46(33-78)72-57(89)40(16-9-12-22-64)28-49(84)53(35(3)4)74-58(90)39(15-8-11-21-63)27-48(83)44(18-14-24-69-62(67)68)70-60(92)43(32-77)30-51(86)55(38(7)81)75-61(93)42(31-76)26-36(5)79/h34-35,37-46,53-55,76-78,80-81H,8-33,63-65H2,1-7H3,(H2,66,88)(H,70,92)(H,71,91)(H,72,89)(H,73,87)(H,74,90)(H,75,93)(H4,67,68,69)/t37-,38-,39-,40-,41-,42+,43+,44+,45+,46+,53+,54+,55+/m1/s1. The molecule has 0 bridgehead atoms. The first-order valence-corrected chi connectivity index (χ1v) is 32.3. The van der Waals surface area contributed by atoms with E-state index in [0.717, 1.165) is 0 Å². The third-order valence-electron chi connectivity index (χ3n) is 15.7. The van der Waals surface area contributed by atoms with Gasteiger partial charge in [-0.05, 0) is 116 Å². The molecule has 0 aromatic heterocycles. The Bertz CT molecular complexity index is 2440. The number of carbonyl (C=O) groups excluding carboxylic acids is 13. The first-order valence-electron chi connectivity index (χ1n) is 32.3. The highest BCUT2D eigenvalue weighted by Gasteiger charge is 2.38. The SMILES string of the molecule is CC(=O)C[C@@H](CO)C(=O)N[C@H](C(=O)C[C@@H](CO)C(=O)N[C@@H](CCCN=C(N)N)C(=O)C[C@@H](CCCCN)C(=O)N[C@H](C(=O)C[C@@H](CCCCN)C(=O)N[C@@H](CO)C(=O)CCC(=O)N[C@H](C(=O)C[C@@H](CC(C)C)C(=O)N[C@@H](CCCCN)C(N)=O)[C@@H](C)O)C(C)C)[C@@H](C)O. The largest absolute Gasteiger partial charge is 0.396 e. The summed E-state index contributed by atoms with van der Waals surface area (Å²) in [6.07, 6.45) is -3.44. The third-order valence-corrected chi connectivity index (χ3v) is 15.7. The van der Waals surface area contributed by atoms with E-state index in [1.165, 1.54) is 20.8 Å². The van der Waals surface area contributed by atoms with Gasteiger partial charge in [-0.25, -0.2) is 0 Å². The van der Waals surface area contributed by atoms with Gasteiger partial charge >= 0.3 is 0 Å². The van der Waals surface area contributed by atoms with E-state index in [-0.39, 0.29) is 76.5 Å². The fourth-order valence-corrected chi connectivity index (χ4v) is 10.3. The molecule has 0 spiro atoms. The Morgan fingerprint density at radius 2 is 0.806 bits per heavy atom. The van der Waals surface area contributed by atoms with Gasteiger partial charge in [0.05, 0.1) is 55.9 Å². The predicted molar refractivity (Wildman–Crippen MR) is 344 cm³/mol. The summed E-state index contributed by atoms with van der Waals surface area (Å²) in [6.45, 7) is 8.74. The summed E-state index contributed by atoms with van der Waals surface area (Å²) < 4.78 is 0. The molecule has 0 aliphatic carbocycles. The van der Waals surface area contributed by atoms with E-state index < -0.39 is 218 Å². The summed E-state index contributed by atoms with van der Waals surface area (Å²) in [5, 5.41) is 66.5. The van der Waals surface area contributed by atoms with Crippen molar-refractivity contribution in [2.45, 2.75) is 219 Å². The van der Waals surface area contributed by atoms with Crippen molar-refractivity contribution < 1.29 is 87.9 Å². The highest BCUT2D eigenvalue weighted by molar-refractivity contribution is 5.99. The van der Waals surface area contributed by atoms with Crippen molar-refractivity contribution in [3.05, 3.63) is 0 Å². The third kappa shape index (κ3) is 34.8. The molecule has 23 N–H and O–H groups in total. The minimum atomic E-state index is -1.63. The van der Waals surface area contributed by atoms with Crippen LogP contribution in [-0.4, -0.2) is 202 Å².